The number of nitrogens with zero attached hydrogens (tertiary/aromatic N) is 1. The molecule has 98 valence electrons. The molecule has 0 radical (unpaired) electrons. The molecule has 1 saturated carbocycles. The van der Waals surface area contributed by atoms with Crippen LogP contribution in [0.1, 0.15) is 37.4 Å². The summed E-state index contributed by atoms with van der Waals surface area (Å²) in [6.45, 7) is 0. The summed E-state index contributed by atoms with van der Waals surface area (Å²) in [7, 11) is 0. The van der Waals surface area contributed by atoms with Crippen LogP contribution in [0.25, 0.3) is 0 Å². The summed E-state index contributed by atoms with van der Waals surface area (Å²) in [6, 6.07) is 5.14. The largest absolute Gasteiger partial charge is 0.411 e. The fourth-order valence-corrected chi connectivity index (χ4v) is 3.10. The number of halogens is 2. The maximum atomic E-state index is 10.4. The summed E-state index contributed by atoms with van der Waals surface area (Å²) in [6.07, 6.45) is 2.65. The Labute approximate surface area is 116 Å². The summed E-state index contributed by atoms with van der Waals surface area (Å²) >= 11 is 12.2. The first kappa shape index (κ1) is 13.7. The normalized spacial score (nSPS) is 24.2. The standard InChI is InChI=1S/C13H15Cl2NO2/c14-9-5-3-6-10(15)12(9)13(17)8-4-1-2-7-11(8)16-18/h3,5-6,8,13,17-18H,1-2,4,7H2/b16-11+/t8-,13-/m1/s1. The highest BCUT2D eigenvalue weighted by Gasteiger charge is 2.31. The number of aliphatic hydroxyl groups excluding tert-OH is 1. The number of oxime groups is 1. The molecule has 0 bridgehead atoms. The topological polar surface area (TPSA) is 52.8 Å². The molecule has 2 N–H and O–H groups in total. The first-order valence-corrected chi connectivity index (χ1v) is 6.73. The smallest absolute Gasteiger partial charge is 0.0900 e. The van der Waals surface area contributed by atoms with Crippen LogP contribution in [0.3, 0.4) is 0 Å². The van der Waals surface area contributed by atoms with E-state index in [-0.39, 0.29) is 5.92 Å². The molecule has 0 saturated heterocycles. The van der Waals surface area contributed by atoms with E-state index in [9.17, 15) is 5.11 Å². The van der Waals surface area contributed by atoms with Crippen molar-refractivity contribution in [1.82, 2.24) is 0 Å². The molecule has 0 aliphatic heterocycles. The zero-order valence-electron chi connectivity index (χ0n) is 9.81. The molecule has 5 heteroatoms. The average molecular weight is 288 g/mol. The second-order valence-electron chi connectivity index (χ2n) is 4.52. The van der Waals surface area contributed by atoms with Crippen molar-refractivity contribution in [3.63, 3.8) is 0 Å². The Balaban J connectivity index is 2.32. The molecule has 1 aromatic carbocycles. The summed E-state index contributed by atoms with van der Waals surface area (Å²) in [4.78, 5) is 0. The van der Waals surface area contributed by atoms with E-state index in [1.165, 1.54) is 0 Å². The SMILES string of the molecule is O/N=C1\CCCC[C@H]1[C@@H](O)c1c(Cl)cccc1Cl. The van der Waals surface area contributed by atoms with Crippen molar-refractivity contribution < 1.29 is 10.3 Å². The minimum atomic E-state index is -0.822. The molecule has 1 aliphatic rings. The number of benzene rings is 1. The third-order valence-corrected chi connectivity index (χ3v) is 4.09. The minimum absolute atomic E-state index is 0.207. The molecule has 1 aromatic rings. The van der Waals surface area contributed by atoms with Crippen LogP contribution >= 0.6 is 23.2 Å². The molecule has 0 heterocycles. The van der Waals surface area contributed by atoms with E-state index < -0.39 is 6.10 Å². The van der Waals surface area contributed by atoms with E-state index in [2.05, 4.69) is 5.16 Å². The molecule has 0 aromatic heterocycles. The highest BCUT2D eigenvalue weighted by molar-refractivity contribution is 6.36. The second kappa shape index (κ2) is 5.91. The lowest BCUT2D eigenvalue weighted by Crippen LogP contribution is -2.26. The Morgan fingerprint density at radius 1 is 1.22 bits per heavy atom. The van der Waals surface area contributed by atoms with E-state index in [1.54, 1.807) is 18.2 Å². The van der Waals surface area contributed by atoms with E-state index >= 15 is 0 Å². The zero-order valence-corrected chi connectivity index (χ0v) is 11.3. The van der Waals surface area contributed by atoms with Gasteiger partial charge in [-0.15, -0.1) is 0 Å². The fraction of sp³-hybridized carbons (Fsp3) is 0.462. The molecule has 2 rings (SSSR count). The third-order valence-electron chi connectivity index (χ3n) is 3.43. The maximum absolute atomic E-state index is 10.4. The Bertz CT molecular complexity index is 442. The highest BCUT2D eigenvalue weighted by Crippen LogP contribution is 2.38. The van der Waals surface area contributed by atoms with Crippen LogP contribution in [0, 0.1) is 5.92 Å². The quantitative estimate of drug-likeness (QED) is 0.637. The van der Waals surface area contributed by atoms with Gasteiger partial charge >= 0.3 is 0 Å². The van der Waals surface area contributed by atoms with E-state index in [4.69, 9.17) is 28.4 Å². The minimum Gasteiger partial charge on any atom is -0.411 e. The van der Waals surface area contributed by atoms with E-state index in [0.717, 1.165) is 19.3 Å². The van der Waals surface area contributed by atoms with Crippen LogP contribution in [0.4, 0.5) is 0 Å². The van der Waals surface area contributed by atoms with Gasteiger partial charge in [0.1, 0.15) is 0 Å². The summed E-state index contributed by atoms with van der Waals surface area (Å²) < 4.78 is 0. The number of aliphatic hydroxyl groups is 1. The lowest BCUT2D eigenvalue weighted by atomic mass is 9.81. The Kier molecular flexibility index (Phi) is 4.49. The molecular formula is C13H15Cl2NO2. The van der Waals surface area contributed by atoms with Crippen molar-refractivity contribution in [2.24, 2.45) is 11.1 Å². The Morgan fingerprint density at radius 3 is 2.50 bits per heavy atom. The summed E-state index contributed by atoms with van der Waals surface area (Å²) in [5.74, 6) is -0.207. The van der Waals surface area contributed by atoms with Gasteiger partial charge in [0.05, 0.1) is 11.8 Å². The van der Waals surface area contributed by atoms with Gasteiger partial charge in [0.25, 0.3) is 0 Å². The van der Waals surface area contributed by atoms with Crippen LogP contribution in [0.5, 0.6) is 0 Å². The Morgan fingerprint density at radius 2 is 1.89 bits per heavy atom. The van der Waals surface area contributed by atoms with E-state index in [1.807, 2.05) is 0 Å². The van der Waals surface area contributed by atoms with Crippen LogP contribution in [-0.4, -0.2) is 16.0 Å². The van der Waals surface area contributed by atoms with Gasteiger partial charge in [-0.05, 0) is 31.4 Å². The van der Waals surface area contributed by atoms with Crippen LogP contribution in [0.2, 0.25) is 10.0 Å². The van der Waals surface area contributed by atoms with Gasteiger partial charge in [0.2, 0.25) is 0 Å². The molecule has 0 spiro atoms. The molecule has 3 nitrogen and oxygen atoms in total. The first-order chi connectivity index (χ1) is 8.65. The lowest BCUT2D eigenvalue weighted by molar-refractivity contribution is 0.127. The average Bonchev–Trinajstić information content (AvgIpc) is 2.38. The molecule has 2 atom stereocenters. The number of rotatable bonds is 2. The van der Waals surface area contributed by atoms with Gasteiger partial charge in [0, 0.05) is 21.5 Å². The van der Waals surface area contributed by atoms with Crippen molar-refractivity contribution in [1.29, 1.82) is 0 Å². The first-order valence-electron chi connectivity index (χ1n) is 5.98. The van der Waals surface area contributed by atoms with Crippen molar-refractivity contribution in [2.45, 2.75) is 31.8 Å². The molecule has 1 aliphatic carbocycles. The Hall–Kier alpha value is -0.770. The van der Waals surface area contributed by atoms with Gasteiger partial charge in [-0.3, -0.25) is 0 Å². The van der Waals surface area contributed by atoms with Crippen LogP contribution in [0.15, 0.2) is 23.4 Å². The second-order valence-corrected chi connectivity index (χ2v) is 5.34. The number of hydrogen-bond acceptors (Lipinski definition) is 3. The molecule has 0 unspecified atom stereocenters. The molecule has 1 fully saturated rings. The lowest BCUT2D eigenvalue weighted by Gasteiger charge is -2.28. The predicted molar refractivity (Wildman–Crippen MR) is 72.6 cm³/mol. The third kappa shape index (κ3) is 2.63. The van der Waals surface area contributed by atoms with Gasteiger partial charge in [0.15, 0.2) is 0 Å². The number of hydrogen-bond donors (Lipinski definition) is 2. The monoisotopic (exact) mass is 287 g/mol. The highest BCUT2D eigenvalue weighted by atomic mass is 35.5. The van der Waals surface area contributed by atoms with E-state index in [0.29, 0.717) is 27.7 Å². The van der Waals surface area contributed by atoms with Crippen molar-refractivity contribution in [3.05, 3.63) is 33.8 Å². The van der Waals surface area contributed by atoms with Crippen molar-refractivity contribution >= 4 is 28.9 Å². The molecule has 18 heavy (non-hydrogen) atoms. The zero-order chi connectivity index (χ0) is 13.1. The predicted octanol–water partition coefficient (Wildman–Crippen LogP) is 4.05. The van der Waals surface area contributed by atoms with Crippen LogP contribution in [-0.2, 0) is 0 Å². The van der Waals surface area contributed by atoms with Gasteiger partial charge in [-0.25, -0.2) is 0 Å². The molecular weight excluding hydrogens is 273 g/mol. The van der Waals surface area contributed by atoms with Gasteiger partial charge in [-0.2, -0.15) is 0 Å². The maximum Gasteiger partial charge on any atom is 0.0900 e. The molecule has 0 amide bonds. The summed E-state index contributed by atoms with van der Waals surface area (Å²) in [5.41, 5.74) is 1.15. The van der Waals surface area contributed by atoms with Gasteiger partial charge < -0.3 is 10.3 Å². The van der Waals surface area contributed by atoms with Crippen molar-refractivity contribution in [2.75, 3.05) is 0 Å². The summed E-state index contributed by atoms with van der Waals surface area (Å²) in [5, 5.41) is 23.6. The fourth-order valence-electron chi connectivity index (χ4n) is 2.48. The van der Waals surface area contributed by atoms with Crippen molar-refractivity contribution in [3.8, 4) is 0 Å². The van der Waals surface area contributed by atoms with Gasteiger partial charge in [-0.1, -0.05) is 40.8 Å². The van der Waals surface area contributed by atoms with Crippen LogP contribution < -0.4 is 0 Å².